The molecule has 1 fully saturated rings. The fourth-order valence-electron chi connectivity index (χ4n) is 3.27. The number of halogens is 1. The van der Waals surface area contributed by atoms with Crippen LogP contribution in [0, 0.1) is 13.8 Å². The molecule has 31 heavy (non-hydrogen) atoms. The maximum absolute atomic E-state index is 13.1. The standard InChI is InChI=1S/C21H23ClN2O6S/c1-13-6-7-18(8-14(13)2)31(28,29)24-11-17(25)10-19(24)21(27)30-12-20(26)23-16-5-3-4-15(22)9-16/h3-9,17,19,25H,10-12H2,1-2H3,(H,23,26)/t17?,19-/m0/s1. The van der Waals surface area contributed by atoms with Gasteiger partial charge in [-0.05, 0) is 55.3 Å². The fourth-order valence-corrected chi connectivity index (χ4v) is 5.17. The molecule has 10 heteroatoms. The minimum atomic E-state index is -4.04. The molecule has 0 bridgehead atoms. The van der Waals surface area contributed by atoms with E-state index in [2.05, 4.69) is 5.32 Å². The normalized spacial score (nSPS) is 19.2. The van der Waals surface area contributed by atoms with E-state index in [0.29, 0.717) is 10.7 Å². The molecule has 1 aliphatic heterocycles. The second kappa shape index (κ2) is 9.35. The van der Waals surface area contributed by atoms with E-state index in [1.807, 2.05) is 6.92 Å². The number of esters is 1. The summed E-state index contributed by atoms with van der Waals surface area (Å²) in [6.45, 7) is 2.82. The van der Waals surface area contributed by atoms with Crippen molar-refractivity contribution in [2.45, 2.75) is 37.3 Å². The molecular weight excluding hydrogens is 444 g/mol. The van der Waals surface area contributed by atoms with Crippen molar-refractivity contribution >= 4 is 39.2 Å². The molecule has 2 aromatic rings. The van der Waals surface area contributed by atoms with E-state index < -0.39 is 40.7 Å². The van der Waals surface area contributed by atoms with E-state index in [9.17, 15) is 23.1 Å². The Balaban J connectivity index is 1.69. The zero-order chi connectivity index (χ0) is 22.8. The Hall–Kier alpha value is -2.46. The van der Waals surface area contributed by atoms with Gasteiger partial charge in [-0.3, -0.25) is 9.59 Å². The Kier molecular flexibility index (Phi) is 7.00. The third kappa shape index (κ3) is 5.43. The second-order valence-corrected chi connectivity index (χ2v) is 9.72. The topological polar surface area (TPSA) is 113 Å². The molecule has 166 valence electrons. The molecule has 0 saturated carbocycles. The van der Waals surface area contributed by atoms with Crippen molar-refractivity contribution in [2.24, 2.45) is 0 Å². The third-order valence-electron chi connectivity index (χ3n) is 5.04. The average Bonchev–Trinajstić information content (AvgIpc) is 3.11. The molecule has 1 saturated heterocycles. The molecule has 2 aromatic carbocycles. The van der Waals surface area contributed by atoms with Gasteiger partial charge in [0.05, 0.1) is 11.0 Å². The highest BCUT2D eigenvalue weighted by atomic mass is 35.5. The van der Waals surface area contributed by atoms with Gasteiger partial charge in [-0.25, -0.2) is 8.42 Å². The van der Waals surface area contributed by atoms with Gasteiger partial charge in [-0.15, -0.1) is 0 Å². The minimum absolute atomic E-state index is 0.0289. The smallest absolute Gasteiger partial charge is 0.325 e. The van der Waals surface area contributed by atoms with Crippen LogP contribution in [0.1, 0.15) is 17.5 Å². The summed E-state index contributed by atoms with van der Waals surface area (Å²) in [5, 5.41) is 13.0. The number of carbonyl (C=O) groups is 2. The summed E-state index contributed by atoms with van der Waals surface area (Å²) in [5.74, 6) is -1.50. The number of aliphatic hydroxyl groups is 1. The molecule has 3 rings (SSSR count). The maximum Gasteiger partial charge on any atom is 0.325 e. The van der Waals surface area contributed by atoms with Crippen molar-refractivity contribution in [3.8, 4) is 0 Å². The molecule has 1 amide bonds. The van der Waals surface area contributed by atoms with Crippen LogP contribution in [0.2, 0.25) is 5.02 Å². The van der Waals surface area contributed by atoms with E-state index in [-0.39, 0.29) is 17.9 Å². The van der Waals surface area contributed by atoms with Gasteiger partial charge < -0.3 is 15.2 Å². The summed E-state index contributed by atoms with van der Waals surface area (Å²) in [6.07, 6.45) is -1.13. The number of rotatable bonds is 6. The molecule has 1 heterocycles. The molecule has 0 radical (unpaired) electrons. The Morgan fingerprint density at radius 2 is 1.94 bits per heavy atom. The van der Waals surface area contributed by atoms with Crippen molar-refractivity contribution < 1.29 is 27.9 Å². The van der Waals surface area contributed by atoms with Crippen LogP contribution in [0.3, 0.4) is 0 Å². The average molecular weight is 467 g/mol. The van der Waals surface area contributed by atoms with Gasteiger partial charge in [-0.2, -0.15) is 4.31 Å². The Bertz CT molecular complexity index is 1100. The van der Waals surface area contributed by atoms with Gasteiger partial charge in [0.1, 0.15) is 6.04 Å². The summed E-state index contributed by atoms with van der Waals surface area (Å²) in [6, 6.07) is 9.90. The highest BCUT2D eigenvalue weighted by Gasteiger charge is 2.44. The first-order valence-corrected chi connectivity index (χ1v) is 11.4. The summed E-state index contributed by atoms with van der Waals surface area (Å²) >= 11 is 5.86. The van der Waals surface area contributed by atoms with E-state index in [4.69, 9.17) is 16.3 Å². The van der Waals surface area contributed by atoms with Crippen molar-refractivity contribution in [1.29, 1.82) is 0 Å². The number of sulfonamides is 1. The predicted molar refractivity (Wildman–Crippen MR) is 115 cm³/mol. The van der Waals surface area contributed by atoms with Gasteiger partial charge >= 0.3 is 5.97 Å². The van der Waals surface area contributed by atoms with Crippen LogP contribution < -0.4 is 5.32 Å². The minimum Gasteiger partial charge on any atom is -0.454 e. The number of hydrogen-bond acceptors (Lipinski definition) is 6. The van der Waals surface area contributed by atoms with Crippen LogP contribution in [0.5, 0.6) is 0 Å². The molecule has 0 aromatic heterocycles. The molecule has 0 spiro atoms. The molecule has 1 unspecified atom stereocenters. The number of carbonyl (C=O) groups excluding carboxylic acids is 2. The SMILES string of the molecule is Cc1ccc(S(=O)(=O)N2CC(O)C[C@H]2C(=O)OCC(=O)Nc2cccc(Cl)c2)cc1C. The molecule has 1 aliphatic rings. The van der Waals surface area contributed by atoms with Crippen LogP contribution in [-0.4, -0.2) is 55.0 Å². The monoisotopic (exact) mass is 466 g/mol. The van der Waals surface area contributed by atoms with E-state index in [0.717, 1.165) is 15.4 Å². The van der Waals surface area contributed by atoms with E-state index >= 15 is 0 Å². The van der Waals surface area contributed by atoms with Gasteiger partial charge in [0.2, 0.25) is 10.0 Å². The lowest BCUT2D eigenvalue weighted by Crippen LogP contribution is -2.42. The summed E-state index contributed by atoms with van der Waals surface area (Å²) in [4.78, 5) is 24.7. The Labute approximate surface area is 185 Å². The van der Waals surface area contributed by atoms with Crippen LogP contribution >= 0.6 is 11.6 Å². The first-order chi connectivity index (χ1) is 14.6. The van der Waals surface area contributed by atoms with Crippen molar-refractivity contribution in [1.82, 2.24) is 4.31 Å². The number of aliphatic hydroxyl groups excluding tert-OH is 1. The first kappa shape index (κ1) is 23.2. The number of benzene rings is 2. The Morgan fingerprint density at radius 1 is 1.19 bits per heavy atom. The number of anilines is 1. The van der Waals surface area contributed by atoms with Crippen LogP contribution in [0.4, 0.5) is 5.69 Å². The summed E-state index contributed by atoms with van der Waals surface area (Å²) < 4.78 is 32.1. The molecule has 8 nitrogen and oxygen atoms in total. The number of aryl methyl sites for hydroxylation is 2. The maximum atomic E-state index is 13.1. The number of β-amino-alcohol motifs (C(OH)–C–C–N with tert-alkyl or cyclic N) is 1. The molecular formula is C21H23ClN2O6S. The van der Waals surface area contributed by atoms with Crippen molar-refractivity contribution in [3.05, 3.63) is 58.6 Å². The van der Waals surface area contributed by atoms with Crippen LogP contribution in [0.25, 0.3) is 0 Å². The lowest BCUT2D eigenvalue weighted by molar-refractivity contribution is -0.150. The molecule has 2 atom stereocenters. The third-order valence-corrected chi connectivity index (χ3v) is 7.15. The zero-order valence-corrected chi connectivity index (χ0v) is 18.6. The van der Waals surface area contributed by atoms with Crippen molar-refractivity contribution in [3.63, 3.8) is 0 Å². The fraction of sp³-hybridized carbons (Fsp3) is 0.333. The van der Waals surface area contributed by atoms with Gasteiger partial charge in [-0.1, -0.05) is 23.7 Å². The van der Waals surface area contributed by atoms with E-state index in [1.165, 1.54) is 18.2 Å². The summed E-state index contributed by atoms with van der Waals surface area (Å²) in [5.41, 5.74) is 2.16. The zero-order valence-electron chi connectivity index (χ0n) is 17.0. The predicted octanol–water partition coefficient (Wildman–Crippen LogP) is 2.26. The van der Waals surface area contributed by atoms with E-state index in [1.54, 1.807) is 31.2 Å². The van der Waals surface area contributed by atoms with Crippen LogP contribution in [0.15, 0.2) is 47.4 Å². The number of nitrogens with zero attached hydrogens (tertiary/aromatic N) is 1. The van der Waals surface area contributed by atoms with Crippen molar-refractivity contribution in [2.75, 3.05) is 18.5 Å². The van der Waals surface area contributed by atoms with Gasteiger partial charge in [0.15, 0.2) is 6.61 Å². The highest BCUT2D eigenvalue weighted by Crippen LogP contribution is 2.28. The largest absolute Gasteiger partial charge is 0.454 e. The first-order valence-electron chi connectivity index (χ1n) is 9.57. The summed E-state index contributed by atoms with van der Waals surface area (Å²) in [7, 11) is -4.04. The lowest BCUT2D eigenvalue weighted by Gasteiger charge is -2.22. The van der Waals surface area contributed by atoms with Gasteiger partial charge in [0.25, 0.3) is 5.91 Å². The molecule has 0 aliphatic carbocycles. The number of hydrogen-bond donors (Lipinski definition) is 2. The highest BCUT2D eigenvalue weighted by molar-refractivity contribution is 7.89. The quantitative estimate of drug-likeness (QED) is 0.631. The van der Waals surface area contributed by atoms with Crippen LogP contribution in [-0.2, 0) is 24.3 Å². The molecule has 2 N–H and O–H groups in total. The number of nitrogens with one attached hydrogen (secondary N) is 1. The number of amides is 1. The number of ether oxygens (including phenoxy) is 1. The second-order valence-electron chi connectivity index (χ2n) is 7.39. The lowest BCUT2D eigenvalue weighted by atomic mass is 10.1. The Morgan fingerprint density at radius 3 is 2.61 bits per heavy atom. The van der Waals surface area contributed by atoms with Gasteiger partial charge in [0, 0.05) is 23.7 Å².